The van der Waals surface area contributed by atoms with Crippen molar-refractivity contribution in [3.63, 3.8) is 0 Å². The first kappa shape index (κ1) is 10.9. The van der Waals surface area contributed by atoms with Crippen molar-refractivity contribution in [2.45, 2.75) is 13.8 Å². The maximum absolute atomic E-state index is 12.9. The van der Waals surface area contributed by atoms with Crippen molar-refractivity contribution in [2.75, 3.05) is 0 Å². The zero-order chi connectivity index (χ0) is 11.7. The minimum absolute atomic E-state index is 0.227. The van der Waals surface area contributed by atoms with E-state index < -0.39 is 5.82 Å². The minimum Gasteiger partial charge on any atom is -0.288 e. The van der Waals surface area contributed by atoms with E-state index in [0.717, 1.165) is 11.2 Å². The molecule has 2 heterocycles. The number of pyridine rings is 1. The Hall–Kier alpha value is -1.62. The van der Waals surface area contributed by atoms with E-state index in [0.29, 0.717) is 10.6 Å². The Bertz CT molecular complexity index is 551. The molecule has 5 heteroatoms. The standard InChI is InChI=1S/C11H9FN2OS/c1-6-11(16-7(2)14-6)10(15)8-3-9(12)5-13-4-8/h3-5H,1-2H3. The Kier molecular flexibility index (Phi) is 2.78. The molecular formula is C11H9FN2OS. The van der Waals surface area contributed by atoms with Crippen molar-refractivity contribution < 1.29 is 9.18 Å². The fourth-order valence-electron chi connectivity index (χ4n) is 1.41. The third-order valence-electron chi connectivity index (χ3n) is 2.08. The molecule has 0 amide bonds. The summed E-state index contributed by atoms with van der Waals surface area (Å²) in [6, 6.07) is 1.18. The number of hydrogen-bond acceptors (Lipinski definition) is 4. The second-order valence-electron chi connectivity index (χ2n) is 3.37. The van der Waals surface area contributed by atoms with Gasteiger partial charge in [0.15, 0.2) is 0 Å². The molecule has 0 aliphatic rings. The topological polar surface area (TPSA) is 42.9 Å². The highest BCUT2D eigenvalue weighted by atomic mass is 32.1. The molecule has 2 aromatic rings. The Labute approximate surface area is 96.0 Å². The molecule has 0 aromatic carbocycles. The van der Waals surface area contributed by atoms with Gasteiger partial charge in [-0.25, -0.2) is 9.37 Å². The summed E-state index contributed by atoms with van der Waals surface area (Å²) in [5.74, 6) is -0.736. The van der Waals surface area contributed by atoms with Crippen LogP contribution in [0.2, 0.25) is 0 Å². The smallest absolute Gasteiger partial charge is 0.206 e. The summed E-state index contributed by atoms with van der Waals surface area (Å²) in [5.41, 5.74) is 0.934. The van der Waals surface area contributed by atoms with Crippen LogP contribution in [0.25, 0.3) is 0 Å². The van der Waals surface area contributed by atoms with Gasteiger partial charge >= 0.3 is 0 Å². The number of carbonyl (C=O) groups excluding carboxylic acids is 1. The molecule has 0 saturated heterocycles. The van der Waals surface area contributed by atoms with E-state index >= 15 is 0 Å². The SMILES string of the molecule is Cc1nc(C)c(C(=O)c2cncc(F)c2)s1. The lowest BCUT2D eigenvalue weighted by molar-refractivity contribution is 0.104. The molecule has 2 rings (SSSR count). The highest BCUT2D eigenvalue weighted by Crippen LogP contribution is 2.20. The molecule has 0 radical (unpaired) electrons. The second-order valence-corrected chi connectivity index (χ2v) is 4.57. The van der Waals surface area contributed by atoms with E-state index in [2.05, 4.69) is 9.97 Å². The number of thiazole rings is 1. The van der Waals surface area contributed by atoms with Gasteiger partial charge in [0.2, 0.25) is 5.78 Å². The van der Waals surface area contributed by atoms with Gasteiger partial charge in [0, 0.05) is 11.8 Å². The van der Waals surface area contributed by atoms with E-state index in [1.54, 1.807) is 6.92 Å². The van der Waals surface area contributed by atoms with Gasteiger partial charge in [-0.05, 0) is 19.9 Å². The first-order valence-corrected chi connectivity index (χ1v) is 5.49. The molecule has 16 heavy (non-hydrogen) atoms. The maximum atomic E-state index is 12.9. The third kappa shape index (κ3) is 1.99. The van der Waals surface area contributed by atoms with Crippen molar-refractivity contribution in [3.8, 4) is 0 Å². The fourth-order valence-corrected chi connectivity index (χ4v) is 2.29. The first-order chi connectivity index (χ1) is 7.58. The number of aromatic nitrogens is 2. The summed E-state index contributed by atoms with van der Waals surface area (Å²) in [5, 5.41) is 0.824. The lowest BCUT2D eigenvalue weighted by Crippen LogP contribution is -2.02. The predicted octanol–water partition coefficient (Wildman–Crippen LogP) is 2.53. The summed E-state index contributed by atoms with van der Waals surface area (Å²) < 4.78 is 12.9. The van der Waals surface area contributed by atoms with Crippen molar-refractivity contribution in [1.82, 2.24) is 9.97 Å². The molecule has 0 N–H and O–H groups in total. The summed E-state index contributed by atoms with van der Waals surface area (Å²) >= 11 is 1.31. The highest BCUT2D eigenvalue weighted by molar-refractivity contribution is 7.14. The van der Waals surface area contributed by atoms with Gasteiger partial charge < -0.3 is 0 Å². The predicted molar refractivity (Wildman–Crippen MR) is 59.2 cm³/mol. The van der Waals surface area contributed by atoms with E-state index in [9.17, 15) is 9.18 Å². The molecule has 0 fully saturated rings. The molecule has 0 saturated carbocycles. The van der Waals surface area contributed by atoms with E-state index in [-0.39, 0.29) is 11.3 Å². The van der Waals surface area contributed by atoms with Gasteiger partial charge in [-0.15, -0.1) is 11.3 Å². The number of rotatable bonds is 2. The number of ketones is 1. The van der Waals surface area contributed by atoms with Crippen LogP contribution < -0.4 is 0 Å². The van der Waals surface area contributed by atoms with Crippen LogP contribution in [0.3, 0.4) is 0 Å². The van der Waals surface area contributed by atoms with Crippen molar-refractivity contribution >= 4 is 17.1 Å². The molecule has 0 spiro atoms. The number of aryl methyl sites for hydroxylation is 2. The number of hydrogen-bond donors (Lipinski definition) is 0. The van der Waals surface area contributed by atoms with Gasteiger partial charge in [-0.1, -0.05) is 0 Å². The Balaban J connectivity index is 2.43. The maximum Gasteiger partial charge on any atom is 0.206 e. The summed E-state index contributed by atoms with van der Waals surface area (Å²) in [7, 11) is 0. The monoisotopic (exact) mass is 236 g/mol. The fraction of sp³-hybridized carbons (Fsp3) is 0.182. The van der Waals surface area contributed by atoms with Crippen LogP contribution >= 0.6 is 11.3 Å². The van der Waals surface area contributed by atoms with E-state index in [1.807, 2.05) is 6.92 Å². The Morgan fingerprint density at radius 1 is 1.38 bits per heavy atom. The zero-order valence-corrected chi connectivity index (χ0v) is 9.64. The van der Waals surface area contributed by atoms with Crippen molar-refractivity contribution in [2.24, 2.45) is 0 Å². The van der Waals surface area contributed by atoms with E-state index in [4.69, 9.17) is 0 Å². The van der Waals surface area contributed by atoms with Crippen LogP contribution in [0, 0.1) is 19.7 Å². The highest BCUT2D eigenvalue weighted by Gasteiger charge is 2.16. The normalized spacial score (nSPS) is 10.4. The molecule has 0 aliphatic carbocycles. The largest absolute Gasteiger partial charge is 0.288 e. The first-order valence-electron chi connectivity index (χ1n) is 4.67. The Morgan fingerprint density at radius 2 is 2.12 bits per heavy atom. The molecule has 0 bridgehead atoms. The molecule has 0 aliphatic heterocycles. The quantitative estimate of drug-likeness (QED) is 0.752. The van der Waals surface area contributed by atoms with Crippen LogP contribution in [0.15, 0.2) is 18.5 Å². The molecular weight excluding hydrogens is 227 g/mol. The van der Waals surface area contributed by atoms with Gasteiger partial charge in [0.05, 0.1) is 21.8 Å². The average Bonchev–Trinajstić information content (AvgIpc) is 2.57. The molecule has 3 nitrogen and oxygen atoms in total. The van der Waals surface area contributed by atoms with Crippen molar-refractivity contribution in [3.05, 3.63) is 45.4 Å². The van der Waals surface area contributed by atoms with Crippen LogP contribution in [0.4, 0.5) is 4.39 Å². The lowest BCUT2D eigenvalue weighted by Gasteiger charge is -1.98. The lowest BCUT2D eigenvalue weighted by atomic mass is 10.1. The van der Waals surface area contributed by atoms with Crippen molar-refractivity contribution in [1.29, 1.82) is 0 Å². The third-order valence-corrected chi connectivity index (χ3v) is 3.15. The average molecular weight is 236 g/mol. The molecule has 2 aromatic heterocycles. The number of halogens is 1. The molecule has 0 atom stereocenters. The summed E-state index contributed by atoms with van der Waals surface area (Å²) in [4.78, 5) is 20.4. The second kappa shape index (κ2) is 4.09. The summed E-state index contributed by atoms with van der Waals surface area (Å²) in [6.45, 7) is 3.60. The van der Waals surface area contributed by atoms with Gasteiger partial charge in [-0.3, -0.25) is 9.78 Å². The van der Waals surface area contributed by atoms with Gasteiger partial charge in [0.1, 0.15) is 5.82 Å². The van der Waals surface area contributed by atoms with Gasteiger partial charge in [-0.2, -0.15) is 0 Å². The van der Waals surface area contributed by atoms with Crippen LogP contribution in [-0.2, 0) is 0 Å². The Morgan fingerprint density at radius 3 is 2.69 bits per heavy atom. The minimum atomic E-state index is -0.509. The zero-order valence-electron chi connectivity index (χ0n) is 8.82. The number of carbonyl (C=O) groups is 1. The van der Waals surface area contributed by atoms with Crippen LogP contribution in [-0.4, -0.2) is 15.8 Å². The van der Waals surface area contributed by atoms with E-state index in [1.165, 1.54) is 23.6 Å². The summed E-state index contributed by atoms with van der Waals surface area (Å²) in [6.07, 6.45) is 2.43. The van der Waals surface area contributed by atoms with Crippen LogP contribution in [0.5, 0.6) is 0 Å². The molecule has 0 unspecified atom stereocenters. The molecule has 82 valence electrons. The van der Waals surface area contributed by atoms with Crippen LogP contribution in [0.1, 0.15) is 25.9 Å². The number of nitrogens with zero attached hydrogens (tertiary/aromatic N) is 2. The van der Waals surface area contributed by atoms with Gasteiger partial charge in [0.25, 0.3) is 0 Å².